The molecule has 3 atom stereocenters. The third kappa shape index (κ3) is 51.9. The maximum atomic E-state index is 13.4. The summed E-state index contributed by atoms with van der Waals surface area (Å²) < 4.78 is 30.2. The van der Waals surface area contributed by atoms with E-state index in [-0.39, 0.29) is 31.3 Å². The highest BCUT2D eigenvalue weighted by molar-refractivity contribution is 7.45. The van der Waals surface area contributed by atoms with Gasteiger partial charge in [0.2, 0.25) is 5.91 Å². The van der Waals surface area contributed by atoms with Crippen molar-refractivity contribution < 1.29 is 37.3 Å². The van der Waals surface area contributed by atoms with Crippen molar-refractivity contribution in [3.63, 3.8) is 0 Å². The van der Waals surface area contributed by atoms with Gasteiger partial charge in [0.1, 0.15) is 19.3 Å². The fourth-order valence-corrected chi connectivity index (χ4v) is 8.60. The van der Waals surface area contributed by atoms with E-state index in [1.165, 1.54) is 96.3 Å². The number of likely N-dealkylation sites (N-methyl/N-ethyl adjacent to an activating group) is 1. The van der Waals surface area contributed by atoms with Crippen LogP contribution in [-0.2, 0) is 27.9 Å². The first-order chi connectivity index (χ1) is 34.4. The van der Waals surface area contributed by atoms with E-state index in [0.717, 1.165) is 103 Å². The Bertz CT molecular complexity index is 1490. The molecule has 0 aliphatic rings. The van der Waals surface area contributed by atoms with E-state index in [0.29, 0.717) is 17.4 Å². The summed E-state index contributed by atoms with van der Waals surface area (Å²) in [5.74, 6) is -0.578. The molecule has 0 rings (SSSR count). The van der Waals surface area contributed by atoms with Crippen LogP contribution in [-0.4, -0.2) is 69.4 Å². The number of phosphoric acid groups is 1. The molecular formula is C61H109N2O7P. The monoisotopic (exact) mass is 1010 g/mol. The Kier molecular flexibility index (Phi) is 48.7. The van der Waals surface area contributed by atoms with Gasteiger partial charge in [0.15, 0.2) is 0 Å². The van der Waals surface area contributed by atoms with Gasteiger partial charge in [-0.1, -0.05) is 222 Å². The number of rotatable bonds is 51. The number of carbonyl (C=O) groups excluding carboxylic acids is 2. The van der Waals surface area contributed by atoms with Crippen LogP contribution in [0, 0.1) is 0 Å². The van der Waals surface area contributed by atoms with Gasteiger partial charge in [0.05, 0.1) is 33.8 Å². The first-order valence-electron chi connectivity index (χ1n) is 28.9. The number of quaternary nitrogens is 1. The smallest absolute Gasteiger partial charge is 0.306 e. The Hall–Kier alpha value is -2.81. The number of nitrogens with one attached hydrogen (secondary N) is 1. The number of allylic oxidation sites excluding steroid dienone is 13. The number of amides is 1. The Balaban J connectivity index is 5.28. The van der Waals surface area contributed by atoms with E-state index in [1.807, 2.05) is 39.4 Å². The van der Waals surface area contributed by atoms with Crippen molar-refractivity contribution in [1.82, 2.24) is 5.32 Å². The molecule has 0 aromatic rings. The summed E-state index contributed by atoms with van der Waals surface area (Å²) in [7, 11) is 1.15. The SMILES string of the molecule is CC/C=C/C=C/C=C\CCCCCCCC(=O)NC(COP(=O)([O-])OCC[N+](C)(C)C)C(/C=C\CCCCCCCCCCC)OC(=O)CCCCCCCCCC/C=C\C/C=C\C/C=C\CCCCC. The number of carbonyl (C=O) groups is 2. The molecule has 0 fully saturated rings. The molecule has 0 aromatic carbocycles. The molecule has 10 heteroatoms. The molecule has 1 N–H and O–H groups in total. The Morgan fingerprint density at radius 3 is 1.49 bits per heavy atom. The minimum atomic E-state index is -4.70. The second-order valence-electron chi connectivity index (χ2n) is 20.5. The molecule has 0 radical (unpaired) electrons. The van der Waals surface area contributed by atoms with Gasteiger partial charge < -0.3 is 28.5 Å². The van der Waals surface area contributed by atoms with E-state index in [1.54, 1.807) is 0 Å². The molecule has 0 aliphatic heterocycles. The molecule has 0 saturated heterocycles. The maximum absolute atomic E-state index is 13.4. The lowest BCUT2D eigenvalue weighted by molar-refractivity contribution is -0.870. The van der Waals surface area contributed by atoms with Crippen molar-refractivity contribution in [2.75, 3.05) is 40.9 Å². The number of ether oxygens (including phenoxy) is 1. The highest BCUT2D eigenvalue weighted by atomic mass is 31.2. The van der Waals surface area contributed by atoms with E-state index in [4.69, 9.17) is 13.8 Å². The average molecular weight is 1010 g/mol. The summed E-state index contributed by atoms with van der Waals surface area (Å²) in [6.07, 6.45) is 65.5. The molecule has 0 heterocycles. The standard InChI is InChI=1S/C61H109N2O7P/c1-7-10-13-16-19-22-25-27-28-29-30-31-32-33-34-36-39-42-45-48-51-54-61(65)70-59(52-49-46-43-40-37-24-21-18-15-12-9-3)58(57-69-71(66,67)68-56-55-63(4,5)6)62-60(64)53-50-47-44-41-38-35-26-23-20-17-14-11-8-2/h11,14,17,19-20,22-23,26-28,30-31,49,52,58-59H,7-10,12-13,15-16,18,21,24-25,29,32-48,50-51,53-57H2,1-6H3,(H-,62,64,66,67)/b14-11+,20-17+,22-19-,26-23-,28-27-,31-30-,52-49-. The van der Waals surface area contributed by atoms with E-state index >= 15 is 0 Å². The van der Waals surface area contributed by atoms with Crippen LogP contribution in [0.15, 0.2) is 85.1 Å². The molecule has 0 spiro atoms. The second-order valence-corrected chi connectivity index (χ2v) is 21.9. The van der Waals surface area contributed by atoms with Crippen LogP contribution in [0.1, 0.15) is 239 Å². The molecule has 0 bridgehead atoms. The van der Waals surface area contributed by atoms with Crippen LogP contribution >= 0.6 is 7.82 Å². The average Bonchev–Trinajstić information content (AvgIpc) is 3.33. The number of unbranched alkanes of at least 4 members (excludes halogenated alkanes) is 25. The molecule has 0 aliphatic carbocycles. The van der Waals surface area contributed by atoms with Gasteiger partial charge >= 0.3 is 5.97 Å². The highest BCUT2D eigenvalue weighted by Crippen LogP contribution is 2.38. The quantitative estimate of drug-likeness (QED) is 0.0161. The van der Waals surface area contributed by atoms with Gasteiger partial charge in [-0.05, 0) is 89.5 Å². The van der Waals surface area contributed by atoms with Crippen molar-refractivity contribution in [2.45, 2.75) is 251 Å². The van der Waals surface area contributed by atoms with E-state index in [2.05, 4.69) is 92.9 Å². The van der Waals surface area contributed by atoms with Crippen LogP contribution in [0.4, 0.5) is 0 Å². The fourth-order valence-electron chi connectivity index (χ4n) is 7.88. The first kappa shape index (κ1) is 68.2. The molecule has 0 aromatic heterocycles. The lowest BCUT2D eigenvalue weighted by Gasteiger charge is -2.30. The molecule has 410 valence electrons. The van der Waals surface area contributed by atoms with Gasteiger partial charge in [0.25, 0.3) is 7.82 Å². The van der Waals surface area contributed by atoms with Gasteiger partial charge in [-0.15, -0.1) is 0 Å². The summed E-state index contributed by atoms with van der Waals surface area (Å²) in [6.45, 7) is 6.64. The number of esters is 1. The molecule has 9 nitrogen and oxygen atoms in total. The maximum Gasteiger partial charge on any atom is 0.306 e. The van der Waals surface area contributed by atoms with Crippen LogP contribution in [0.5, 0.6) is 0 Å². The van der Waals surface area contributed by atoms with Crippen LogP contribution < -0.4 is 10.2 Å². The minimum Gasteiger partial charge on any atom is -0.756 e. The van der Waals surface area contributed by atoms with Gasteiger partial charge in [-0.3, -0.25) is 14.2 Å². The van der Waals surface area contributed by atoms with Crippen molar-refractivity contribution in [3.05, 3.63) is 85.1 Å². The summed E-state index contributed by atoms with van der Waals surface area (Å²) in [4.78, 5) is 39.8. The summed E-state index contributed by atoms with van der Waals surface area (Å²) in [5.41, 5.74) is 0. The van der Waals surface area contributed by atoms with Crippen molar-refractivity contribution in [1.29, 1.82) is 0 Å². The fraction of sp³-hybridized carbons (Fsp3) is 0.738. The Labute approximate surface area is 437 Å². The largest absolute Gasteiger partial charge is 0.756 e. The number of hydrogen-bond acceptors (Lipinski definition) is 7. The zero-order valence-corrected chi connectivity index (χ0v) is 47.5. The van der Waals surface area contributed by atoms with E-state index in [9.17, 15) is 19.0 Å². The predicted octanol–water partition coefficient (Wildman–Crippen LogP) is 16.8. The first-order valence-corrected chi connectivity index (χ1v) is 30.4. The Morgan fingerprint density at radius 1 is 0.521 bits per heavy atom. The minimum absolute atomic E-state index is 0.0316. The second kappa shape index (κ2) is 50.7. The summed E-state index contributed by atoms with van der Waals surface area (Å²) in [6, 6.07) is -0.905. The molecule has 0 saturated carbocycles. The molecule has 3 unspecified atom stereocenters. The van der Waals surface area contributed by atoms with Gasteiger partial charge in [0, 0.05) is 12.8 Å². The highest BCUT2D eigenvalue weighted by Gasteiger charge is 2.27. The molecule has 71 heavy (non-hydrogen) atoms. The van der Waals surface area contributed by atoms with Crippen LogP contribution in [0.2, 0.25) is 0 Å². The van der Waals surface area contributed by atoms with Crippen LogP contribution in [0.3, 0.4) is 0 Å². The van der Waals surface area contributed by atoms with Gasteiger partial charge in [-0.25, -0.2) is 0 Å². The van der Waals surface area contributed by atoms with Crippen LogP contribution in [0.25, 0.3) is 0 Å². The molecular weight excluding hydrogens is 904 g/mol. The normalized spacial score (nSPS) is 14.4. The zero-order chi connectivity index (χ0) is 52.2. The third-order valence-corrected chi connectivity index (χ3v) is 13.3. The summed E-state index contributed by atoms with van der Waals surface area (Å²) in [5, 5.41) is 3.00. The lowest BCUT2D eigenvalue weighted by atomic mass is 10.1. The predicted molar refractivity (Wildman–Crippen MR) is 302 cm³/mol. The lowest BCUT2D eigenvalue weighted by Crippen LogP contribution is -2.47. The molecule has 1 amide bonds. The zero-order valence-electron chi connectivity index (χ0n) is 46.7. The van der Waals surface area contributed by atoms with Crippen molar-refractivity contribution in [2.24, 2.45) is 0 Å². The third-order valence-electron chi connectivity index (χ3n) is 12.4. The number of hydrogen-bond donors (Lipinski definition) is 1. The van der Waals surface area contributed by atoms with Gasteiger partial charge in [-0.2, -0.15) is 0 Å². The van der Waals surface area contributed by atoms with Crippen molar-refractivity contribution in [3.8, 4) is 0 Å². The van der Waals surface area contributed by atoms with E-state index < -0.39 is 26.6 Å². The summed E-state index contributed by atoms with van der Waals surface area (Å²) >= 11 is 0. The Morgan fingerprint density at radius 2 is 0.958 bits per heavy atom. The van der Waals surface area contributed by atoms with Crippen molar-refractivity contribution >= 4 is 19.7 Å². The number of phosphoric ester groups is 1. The number of nitrogens with zero attached hydrogens (tertiary/aromatic N) is 1. The topological polar surface area (TPSA) is 114 Å².